The van der Waals surface area contributed by atoms with Crippen LogP contribution in [-0.2, 0) is 91.3 Å². The maximum absolute atomic E-state index is 12.2. The molecule has 10 aliphatic rings. The number of carbonyl (C=O) groups excluding carboxylic acids is 2. The molecule has 4 heteroatoms. The van der Waals surface area contributed by atoms with E-state index < -0.39 is 0 Å². The van der Waals surface area contributed by atoms with Crippen molar-refractivity contribution >= 4 is 11.9 Å². The highest BCUT2D eigenvalue weighted by Gasteiger charge is 2.37. The smallest absolute Gasteiger partial charge is 0.338 e. The topological polar surface area (TPSA) is 52.6 Å². The van der Waals surface area contributed by atoms with Crippen molar-refractivity contribution in [1.29, 1.82) is 0 Å². The fourth-order valence-corrected chi connectivity index (χ4v) is 21.4. The first kappa shape index (κ1) is 80.3. The Bertz CT molecular complexity index is 4570. The second kappa shape index (κ2) is 38.7. The van der Waals surface area contributed by atoms with Crippen molar-refractivity contribution in [3.05, 3.63) is 343 Å². The summed E-state index contributed by atoms with van der Waals surface area (Å²) >= 11 is 0. The highest BCUT2D eigenvalue weighted by atomic mass is 16.5. The molecule has 20 rings (SSSR count). The molecule has 0 radical (unpaired) electrons. The van der Waals surface area contributed by atoms with Crippen molar-refractivity contribution in [2.45, 2.75) is 245 Å². The Hall–Kier alpha value is -8.86. The van der Waals surface area contributed by atoms with Crippen LogP contribution in [0, 0.1) is 80.0 Å². The van der Waals surface area contributed by atoms with Gasteiger partial charge in [-0.3, -0.25) is 4.79 Å². The SMILES string of the molecule is CC1CCC(C2CCC(C3Cc4ccccc4C3)CC2)CC1.CC1CCC(C2Cc3ccccc3C2)CC1.CC1CCC(OC(=O)C2Cc3ccccc3C2)CC1.Cc1ccc(-c2ccc(C3Cc4ccccc4C3)cc2)cc1.Cc1ccc(C(=O)OC2Cc3ccccc3C2)cc1.Cc1ccc(C2Cc3ccccc3C2)cc1. The zero-order valence-electron chi connectivity index (χ0n) is 69.6. The molecule has 10 aliphatic carbocycles. The van der Waals surface area contributed by atoms with Gasteiger partial charge in [-0.1, -0.05) is 294 Å². The minimum atomic E-state index is -0.224. The van der Waals surface area contributed by atoms with Crippen LogP contribution in [0.5, 0.6) is 0 Å². The third kappa shape index (κ3) is 21.2. The van der Waals surface area contributed by atoms with Gasteiger partial charge in [-0.05, 0) is 328 Å². The van der Waals surface area contributed by atoms with Crippen LogP contribution in [-0.4, -0.2) is 24.1 Å². The van der Waals surface area contributed by atoms with Crippen LogP contribution >= 0.6 is 0 Å². The molecule has 10 aromatic rings. The van der Waals surface area contributed by atoms with Gasteiger partial charge in [-0.15, -0.1) is 0 Å². The molecule has 0 N–H and O–H groups in total. The van der Waals surface area contributed by atoms with Crippen molar-refractivity contribution in [1.82, 2.24) is 0 Å². The van der Waals surface area contributed by atoms with Gasteiger partial charge in [0.25, 0.3) is 0 Å². The molecule has 0 amide bonds. The van der Waals surface area contributed by atoms with E-state index in [1.165, 1.54) is 219 Å². The molecule has 0 unspecified atom stereocenters. The first-order valence-electron chi connectivity index (χ1n) is 44.8. The van der Waals surface area contributed by atoms with Crippen LogP contribution in [0.2, 0.25) is 0 Å². The summed E-state index contributed by atoms with van der Waals surface area (Å²) in [5.74, 6) is 10.1. The summed E-state index contributed by atoms with van der Waals surface area (Å²) in [6, 6.07) is 87.0. The van der Waals surface area contributed by atoms with Crippen LogP contribution in [0.4, 0.5) is 0 Å². The monoisotopic (exact) mass is 1510 g/mol. The quantitative estimate of drug-likeness (QED) is 0.128. The third-order valence-corrected chi connectivity index (χ3v) is 28.7. The lowest BCUT2D eigenvalue weighted by molar-refractivity contribution is -0.155. The van der Waals surface area contributed by atoms with E-state index in [2.05, 4.69) is 241 Å². The summed E-state index contributed by atoms with van der Waals surface area (Å²) in [4.78, 5) is 24.3. The van der Waals surface area contributed by atoms with Crippen molar-refractivity contribution in [3.8, 4) is 11.1 Å². The number of rotatable bonds is 10. The van der Waals surface area contributed by atoms with Crippen molar-refractivity contribution < 1.29 is 19.1 Å². The van der Waals surface area contributed by atoms with E-state index in [4.69, 9.17) is 9.47 Å². The molecular weight excluding hydrogens is 1390 g/mol. The van der Waals surface area contributed by atoms with Gasteiger partial charge in [0.15, 0.2) is 0 Å². The van der Waals surface area contributed by atoms with Gasteiger partial charge in [0.2, 0.25) is 0 Å². The summed E-state index contributed by atoms with van der Waals surface area (Å²) in [6.45, 7) is 13.4. The average molecular weight is 1510 g/mol. The normalized spacial score (nSPS) is 22.9. The lowest BCUT2D eigenvalue weighted by atomic mass is 9.67. The maximum Gasteiger partial charge on any atom is 0.338 e. The number of aryl methyl sites for hydroxylation is 3. The molecule has 114 heavy (non-hydrogen) atoms. The fraction of sp³-hybridized carbons (Fsp3) is 0.436. The minimum Gasteiger partial charge on any atom is -0.462 e. The highest BCUT2D eigenvalue weighted by Crippen LogP contribution is 2.47. The number of esters is 2. The van der Waals surface area contributed by atoms with Crippen LogP contribution in [0.1, 0.15) is 240 Å². The number of fused-ring (bicyclic) bond motifs is 6. The molecule has 0 atom stereocenters. The number of hydrogen-bond acceptors (Lipinski definition) is 4. The molecule has 0 spiro atoms. The zero-order valence-corrected chi connectivity index (χ0v) is 69.6. The molecule has 0 bridgehead atoms. The molecule has 0 aliphatic heterocycles. The van der Waals surface area contributed by atoms with E-state index in [9.17, 15) is 9.59 Å². The zero-order chi connectivity index (χ0) is 78.3. The second-order valence-electron chi connectivity index (χ2n) is 37.0. The molecular formula is C110H128O4. The Balaban J connectivity index is 0.000000108. The largest absolute Gasteiger partial charge is 0.462 e. The Kier molecular flexibility index (Phi) is 27.3. The van der Waals surface area contributed by atoms with E-state index in [0.29, 0.717) is 17.4 Å². The number of hydrogen-bond donors (Lipinski definition) is 0. The van der Waals surface area contributed by atoms with Gasteiger partial charge in [0, 0.05) is 12.8 Å². The van der Waals surface area contributed by atoms with Gasteiger partial charge >= 0.3 is 11.9 Å². The van der Waals surface area contributed by atoms with Crippen LogP contribution in [0.15, 0.2) is 243 Å². The van der Waals surface area contributed by atoms with Gasteiger partial charge < -0.3 is 9.47 Å². The molecule has 0 heterocycles. The first-order chi connectivity index (χ1) is 55.7. The predicted molar refractivity (Wildman–Crippen MR) is 472 cm³/mol. The lowest BCUT2D eigenvalue weighted by Crippen LogP contribution is -2.28. The maximum atomic E-state index is 12.2. The number of benzene rings is 10. The standard InChI is InChI=1S/C22H32.C22H20.C17H16O2.C17H22O2.C16H22.C16H16/c2*1-16-6-8-17(9-7-16)18-10-12-19(13-11-18)22-14-20-4-2-3-5-21(20)15-22;1-12-6-8-13(9-7-12)17(18)19-16-10-14-4-2-3-5-15(14)11-16;1-12-6-8-16(9-7-12)19-17(18)15-10-13-4-2-3-5-14(13)11-15;2*1-12-6-8-13(9-7-12)16-10-14-4-2-3-5-15(14)11-16/h2-5,16-19,22H,6-15H2,1H3;2-13,22H,14-15H2,1H3;2-9,16H,10-11H2,1H3;2-5,12,15-16H,6-11H2,1H3;2-5,12-13,16H,6-11H2,1H3;2-9,16H,10-11H2,1H3. The molecule has 592 valence electrons. The molecule has 0 aromatic heterocycles. The molecule has 0 saturated heterocycles. The number of carbonyl (C=O) groups is 2. The highest BCUT2D eigenvalue weighted by molar-refractivity contribution is 5.89. The lowest BCUT2D eigenvalue weighted by Gasteiger charge is -2.38. The van der Waals surface area contributed by atoms with Crippen molar-refractivity contribution in [3.63, 3.8) is 0 Å². The summed E-state index contributed by atoms with van der Waals surface area (Å²) in [5, 5.41) is 0. The van der Waals surface area contributed by atoms with E-state index in [1.54, 1.807) is 22.3 Å². The Labute approximate surface area is 685 Å². The van der Waals surface area contributed by atoms with E-state index in [0.717, 1.165) is 97.3 Å². The van der Waals surface area contributed by atoms with Crippen LogP contribution in [0.3, 0.4) is 0 Å². The second-order valence-corrected chi connectivity index (χ2v) is 37.0. The Morgan fingerprint density at radius 2 is 0.500 bits per heavy atom. The molecule has 4 nitrogen and oxygen atoms in total. The predicted octanol–water partition coefficient (Wildman–Crippen LogP) is 26.5. The van der Waals surface area contributed by atoms with Gasteiger partial charge in [-0.25, -0.2) is 4.79 Å². The molecule has 10 aromatic carbocycles. The van der Waals surface area contributed by atoms with Crippen molar-refractivity contribution in [2.24, 2.45) is 59.2 Å². The minimum absolute atomic E-state index is 0.0220. The van der Waals surface area contributed by atoms with Crippen LogP contribution < -0.4 is 0 Å². The van der Waals surface area contributed by atoms with Gasteiger partial charge in [-0.2, -0.15) is 0 Å². The average Bonchev–Trinajstić information content (AvgIpc) is 1.61. The summed E-state index contributed by atoms with van der Waals surface area (Å²) < 4.78 is 11.3. The molecule has 4 fully saturated rings. The van der Waals surface area contributed by atoms with Crippen LogP contribution in [0.25, 0.3) is 11.1 Å². The summed E-state index contributed by atoms with van der Waals surface area (Å²) in [7, 11) is 0. The van der Waals surface area contributed by atoms with E-state index in [1.807, 2.05) is 43.3 Å². The van der Waals surface area contributed by atoms with Gasteiger partial charge in [0.05, 0.1) is 11.5 Å². The first-order valence-corrected chi connectivity index (χ1v) is 44.8. The third-order valence-electron chi connectivity index (χ3n) is 28.7. The van der Waals surface area contributed by atoms with E-state index in [-0.39, 0.29) is 30.1 Å². The summed E-state index contributed by atoms with van der Waals surface area (Å²) in [6.07, 6.45) is 36.3. The Morgan fingerprint density at radius 3 is 0.842 bits per heavy atom. The molecule has 4 saturated carbocycles. The number of ether oxygens (including phenoxy) is 2. The Morgan fingerprint density at radius 1 is 0.246 bits per heavy atom. The van der Waals surface area contributed by atoms with Crippen molar-refractivity contribution in [2.75, 3.05) is 0 Å². The summed E-state index contributed by atoms with van der Waals surface area (Å²) in [5.41, 5.74) is 27.9. The van der Waals surface area contributed by atoms with Gasteiger partial charge in [0.1, 0.15) is 12.2 Å². The van der Waals surface area contributed by atoms with E-state index >= 15 is 0 Å². The fourth-order valence-electron chi connectivity index (χ4n) is 21.4.